The zero-order chi connectivity index (χ0) is 14.5. The topological polar surface area (TPSA) is 29.1 Å². The van der Waals surface area contributed by atoms with E-state index in [0.717, 1.165) is 5.56 Å². The molecule has 5 heteroatoms. The van der Waals surface area contributed by atoms with Gasteiger partial charge in [0.05, 0.1) is 5.69 Å². The largest absolute Gasteiger partial charge is 0.322 e. The van der Waals surface area contributed by atoms with Crippen molar-refractivity contribution in [3.63, 3.8) is 0 Å². The number of carbonyl (C=O) groups excluding carboxylic acids is 1. The zero-order valence-electron chi connectivity index (χ0n) is 10.2. The number of anilines is 1. The molecule has 102 valence electrons. The second-order valence-corrected chi connectivity index (χ2v) is 5.16. The summed E-state index contributed by atoms with van der Waals surface area (Å²) in [7, 11) is 0. The molecule has 0 saturated heterocycles. The van der Waals surface area contributed by atoms with Crippen LogP contribution in [-0.4, -0.2) is 5.91 Å². The maximum absolute atomic E-state index is 12.9. The molecule has 0 aliphatic heterocycles. The van der Waals surface area contributed by atoms with Gasteiger partial charge < -0.3 is 5.32 Å². The Bertz CT molecular complexity index is 653. The van der Waals surface area contributed by atoms with Crippen LogP contribution in [0.5, 0.6) is 0 Å². The van der Waals surface area contributed by atoms with Gasteiger partial charge in [0.2, 0.25) is 5.91 Å². The summed E-state index contributed by atoms with van der Waals surface area (Å²) in [6, 6.07) is 9.89. The van der Waals surface area contributed by atoms with Crippen molar-refractivity contribution in [2.24, 2.45) is 0 Å². The van der Waals surface area contributed by atoms with Crippen LogP contribution in [-0.2, 0) is 4.79 Å². The molecule has 2 nitrogen and oxygen atoms in total. The summed E-state index contributed by atoms with van der Waals surface area (Å²) in [5, 5.41) is 2.65. The molecule has 0 spiro atoms. The lowest BCUT2D eigenvalue weighted by molar-refractivity contribution is -0.111. The predicted molar refractivity (Wildman–Crippen MR) is 83.2 cm³/mol. The van der Waals surface area contributed by atoms with E-state index < -0.39 is 0 Å². The molecule has 20 heavy (non-hydrogen) atoms. The van der Waals surface area contributed by atoms with E-state index in [9.17, 15) is 13.6 Å². The summed E-state index contributed by atoms with van der Waals surface area (Å²) in [5.41, 5.74) is 1.26. The van der Waals surface area contributed by atoms with Gasteiger partial charge in [0.15, 0.2) is 0 Å². The molecule has 0 radical (unpaired) electrons. The van der Waals surface area contributed by atoms with Gasteiger partial charge >= 0.3 is 0 Å². The molecule has 0 saturated carbocycles. The number of rotatable bonds is 3. The molecule has 0 atom stereocenters. The van der Waals surface area contributed by atoms with Gasteiger partial charge in [-0.1, -0.05) is 12.1 Å². The van der Waals surface area contributed by atoms with Crippen LogP contribution in [0.2, 0.25) is 0 Å². The van der Waals surface area contributed by atoms with Crippen LogP contribution < -0.4 is 5.32 Å². The maximum atomic E-state index is 12.9. The highest BCUT2D eigenvalue weighted by atomic mass is 127. The van der Waals surface area contributed by atoms with E-state index >= 15 is 0 Å². The molecule has 2 aromatic rings. The highest BCUT2D eigenvalue weighted by Gasteiger charge is 2.03. The van der Waals surface area contributed by atoms with Gasteiger partial charge in [-0.3, -0.25) is 4.79 Å². The van der Waals surface area contributed by atoms with Crippen LogP contribution in [0.3, 0.4) is 0 Å². The number of benzene rings is 2. The molecule has 2 rings (SSSR count). The Labute approximate surface area is 128 Å². The van der Waals surface area contributed by atoms with Crippen LogP contribution in [0.25, 0.3) is 6.08 Å². The average Bonchev–Trinajstić information content (AvgIpc) is 2.41. The molecule has 0 unspecified atom stereocenters. The van der Waals surface area contributed by atoms with Crippen LogP contribution in [0.15, 0.2) is 48.5 Å². The molecule has 0 aromatic heterocycles. The predicted octanol–water partition coefficient (Wildman–Crippen LogP) is 4.22. The summed E-state index contributed by atoms with van der Waals surface area (Å²) in [6.45, 7) is 0. The number of halogens is 3. The minimum absolute atomic E-state index is 0.326. The first kappa shape index (κ1) is 14.6. The first-order valence-corrected chi connectivity index (χ1v) is 6.82. The van der Waals surface area contributed by atoms with Crippen LogP contribution in [0.4, 0.5) is 14.5 Å². The summed E-state index contributed by atoms with van der Waals surface area (Å²) in [5.74, 6) is -1.01. The van der Waals surface area contributed by atoms with Crippen molar-refractivity contribution in [3.8, 4) is 0 Å². The fraction of sp³-hybridized carbons (Fsp3) is 0. The van der Waals surface area contributed by atoms with E-state index in [0.29, 0.717) is 9.26 Å². The third kappa shape index (κ3) is 4.12. The molecular weight excluding hydrogens is 375 g/mol. The van der Waals surface area contributed by atoms with Gasteiger partial charge in [-0.2, -0.15) is 0 Å². The lowest BCUT2D eigenvalue weighted by Crippen LogP contribution is -2.09. The van der Waals surface area contributed by atoms with Gasteiger partial charge in [-0.05, 0) is 64.6 Å². The van der Waals surface area contributed by atoms with E-state index in [2.05, 4.69) is 5.32 Å². The van der Waals surface area contributed by atoms with Crippen LogP contribution in [0.1, 0.15) is 5.56 Å². The van der Waals surface area contributed by atoms with Crippen LogP contribution >= 0.6 is 22.6 Å². The van der Waals surface area contributed by atoms with Crippen molar-refractivity contribution in [2.75, 3.05) is 5.32 Å². The normalized spacial score (nSPS) is 10.8. The van der Waals surface area contributed by atoms with Crippen molar-refractivity contribution < 1.29 is 13.6 Å². The smallest absolute Gasteiger partial charge is 0.248 e. The lowest BCUT2D eigenvalue weighted by Gasteiger charge is -2.04. The van der Waals surface area contributed by atoms with Gasteiger partial charge in [0, 0.05) is 9.65 Å². The maximum Gasteiger partial charge on any atom is 0.248 e. The van der Waals surface area contributed by atoms with E-state index in [4.69, 9.17) is 0 Å². The number of hydrogen-bond donors (Lipinski definition) is 1. The summed E-state index contributed by atoms with van der Waals surface area (Å²) < 4.78 is 26.3. The lowest BCUT2D eigenvalue weighted by atomic mass is 10.2. The number of nitrogens with one attached hydrogen (secondary N) is 1. The van der Waals surface area contributed by atoms with E-state index in [1.165, 1.54) is 36.4 Å². The van der Waals surface area contributed by atoms with E-state index in [1.54, 1.807) is 18.2 Å². The first-order valence-electron chi connectivity index (χ1n) is 5.74. The molecule has 0 aliphatic carbocycles. The quantitative estimate of drug-likeness (QED) is 0.622. The Morgan fingerprint density at radius 3 is 2.35 bits per heavy atom. The molecule has 1 N–H and O–H groups in total. The number of hydrogen-bond acceptors (Lipinski definition) is 1. The minimum Gasteiger partial charge on any atom is -0.322 e. The molecule has 0 bridgehead atoms. The van der Waals surface area contributed by atoms with Gasteiger partial charge in [-0.15, -0.1) is 0 Å². The van der Waals surface area contributed by atoms with Crippen LogP contribution in [0, 0.1) is 15.2 Å². The van der Waals surface area contributed by atoms with Gasteiger partial charge in [-0.25, -0.2) is 8.78 Å². The molecule has 0 heterocycles. The highest BCUT2D eigenvalue weighted by molar-refractivity contribution is 14.1. The second kappa shape index (κ2) is 6.60. The van der Waals surface area contributed by atoms with Crippen molar-refractivity contribution in [2.45, 2.75) is 0 Å². The fourth-order valence-corrected chi connectivity index (χ4v) is 2.12. The Morgan fingerprint density at radius 2 is 1.70 bits per heavy atom. The van der Waals surface area contributed by atoms with Gasteiger partial charge in [0.25, 0.3) is 0 Å². The summed E-state index contributed by atoms with van der Waals surface area (Å²) in [6.07, 6.45) is 2.91. The molecule has 1 amide bonds. The SMILES string of the molecule is O=C(C=Cc1ccc(F)cc1)Nc1ccc(F)cc1I. The highest BCUT2D eigenvalue weighted by Crippen LogP contribution is 2.19. The molecule has 0 fully saturated rings. The Balaban J connectivity index is 2.03. The van der Waals surface area contributed by atoms with Gasteiger partial charge in [0.1, 0.15) is 11.6 Å². The minimum atomic E-state index is -0.353. The third-order valence-electron chi connectivity index (χ3n) is 2.49. The fourth-order valence-electron chi connectivity index (χ4n) is 1.51. The molecule has 2 aromatic carbocycles. The second-order valence-electron chi connectivity index (χ2n) is 4.00. The third-order valence-corrected chi connectivity index (χ3v) is 3.38. The Hall–Kier alpha value is -1.76. The molecular formula is C15H10F2INO. The summed E-state index contributed by atoms with van der Waals surface area (Å²) in [4.78, 5) is 11.7. The van der Waals surface area contributed by atoms with E-state index in [1.807, 2.05) is 22.6 Å². The first-order chi connectivity index (χ1) is 9.54. The average molecular weight is 385 g/mol. The monoisotopic (exact) mass is 385 g/mol. The Morgan fingerprint density at radius 1 is 1.05 bits per heavy atom. The zero-order valence-corrected chi connectivity index (χ0v) is 12.4. The van der Waals surface area contributed by atoms with Crippen molar-refractivity contribution in [3.05, 3.63) is 69.3 Å². The summed E-state index contributed by atoms with van der Waals surface area (Å²) >= 11 is 1.94. The van der Waals surface area contributed by atoms with Crippen molar-refractivity contribution in [1.29, 1.82) is 0 Å². The van der Waals surface area contributed by atoms with E-state index in [-0.39, 0.29) is 17.5 Å². The standard InChI is InChI=1S/C15H10F2INO/c16-11-4-1-10(2-5-11)3-8-15(20)19-14-7-6-12(17)9-13(14)18/h1-9H,(H,19,20). The molecule has 0 aliphatic rings. The van der Waals surface area contributed by atoms with Crippen molar-refractivity contribution in [1.82, 2.24) is 0 Å². The number of amides is 1. The number of carbonyl (C=O) groups is 1. The Kier molecular flexibility index (Phi) is 4.84. The van der Waals surface area contributed by atoms with Crippen molar-refractivity contribution >= 4 is 40.3 Å².